The van der Waals surface area contributed by atoms with Crippen molar-refractivity contribution in [3.63, 3.8) is 0 Å². The monoisotopic (exact) mass is 280 g/mol. The Hall–Kier alpha value is -1.95. The summed E-state index contributed by atoms with van der Waals surface area (Å²) in [6, 6.07) is 5.03. The van der Waals surface area contributed by atoms with Gasteiger partial charge in [-0.25, -0.2) is 0 Å². The predicted octanol–water partition coefficient (Wildman–Crippen LogP) is 2.84. The number of carboxylic acid groups (broad SMARTS) is 1. The summed E-state index contributed by atoms with van der Waals surface area (Å²) in [5.41, 5.74) is 0.371. The largest absolute Gasteiger partial charge is 0.480 e. The molecule has 0 aliphatic carbocycles. The maximum absolute atomic E-state index is 11.6. The normalized spacial score (nSPS) is 12.3. The van der Waals surface area contributed by atoms with Gasteiger partial charge in [0.1, 0.15) is 6.04 Å². The molecule has 0 aromatic heterocycles. The summed E-state index contributed by atoms with van der Waals surface area (Å²) in [5, 5.41) is 20.3. The van der Waals surface area contributed by atoms with E-state index in [1.807, 2.05) is 18.7 Å². The highest BCUT2D eigenvalue weighted by molar-refractivity contribution is 5.75. The molecular formula is C14H20N2O4. The Bertz CT molecular complexity index is 470. The maximum atomic E-state index is 11.6. The number of carbonyl (C=O) groups is 1. The van der Waals surface area contributed by atoms with Crippen LogP contribution in [0.1, 0.15) is 38.3 Å². The Labute approximate surface area is 118 Å². The van der Waals surface area contributed by atoms with Crippen LogP contribution in [0.2, 0.25) is 0 Å². The number of rotatable bonds is 8. The fourth-order valence-corrected chi connectivity index (χ4v) is 2.26. The number of hydrogen-bond acceptors (Lipinski definition) is 4. The lowest BCUT2D eigenvalue weighted by atomic mass is 10.0. The van der Waals surface area contributed by atoms with Gasteiger partial charge in [0.25, 0.3) is 5.69 Å². The zero-order valence-electron chi connectivity index (χ0n) is 11.8. The number of nitro benzene ring substituents is 1. The molecule has 0 heterocycles. The van der Waals surface area contributed by atoms with Gasteiger partial charge >= 0.3 is 5.97 Å². The van der Waals surface area contributed by atoms with Gasteiger partial charge in [-0.3, -0.25) is 19.8 Å². The average Bonchev–Trinajstić information content (AvgIpc) is 2.39. The summed E-state index contributed by atoms with van der Waals surface area (Å²) < 4.78 is 0. The highest BCUT2D eigenvalue weighted by atomic mass is 16.6. The van der Waals surface area contributed by atoms with Crippen LogP contribution in [-0.2, 0) is 4.79 Å². The summed E-state index contributed by atoms with van der Waals surface area (Å²) >= 11 is 0. The SMILES string of the molecule is CCCN(CCC)C(C(=O)O)c1cccc([N+](=O)[O-])c1. The third-order valence-electron chi connectivity index (χ3n) is 3.02. The van der Waals surface area contributed by atoms with E-state index >= 15 is 0 Å². The second-order valence-corrected chi connectivity index (χ2v) is 4.63. The van der Waals surface area contributed by atoms with E-state index in [4.69, 9.17) is 0 Å². The molecule has 0 aliphatic rings. The van der Waals surface area contributed by atoms with E-state index in [1.54, 1.807) is 6.07 Å². The quantitative estimate of drug-likeness (QED) is 0.584. The molecule has 0 fully saturated rings. The van der Waals surface area contributed by atoms with Gasteiger partial charge < -0.3 is 5.11 Å². The third kappa shape index (κ3) is 4.03. The molecule has 0 aliphatic heterocycles. The lowest BCUT2D eigenvalue weighted by Gasteiger charge is -2.28. The maximum Gasteiger partial charge on any atom is 0.325 e. The molecule has 0 bridgehead atoms. The van der Waals surface area contributed by atoms with Crippen molar-refractivity contribution in [2.24, 2.45) is 0 Å². The molecule has 6 nitrogen and oxygen atoms in total. The van der Waals surface area contributed by atoms with Crippen molar-refractivity contribution in [2.45, 2.75) is 32.7 Å². The van der Waals surface area contributed by atoms with E-state index < -0.39 is 16.9 Å². The van der Waals surface area contributed by atoms with Gasteiger partial charge in [-0.2, -0.15) is 0 Å². The van der Waals surface area contributed by atoms with Gasteiger partial charge in [0.2, 0.25) is 0 Å². The van der Waals surface area contributed by atoms with Gasteiger partial charge in [0.05, 0.1) is 4.92 Å². The number of nitrogens with zero attached hydrogens (tertiary/aromatic N) is 2. The van der Waals surface area contributed by atoms with Crippen LogP contribution in [0.15, 0.2) is 24.3 Å². The zero-order valence-corrected chi connectivity index (χ0v) is 11.8. The smallest absolute Gasteiger partial charge is 0.325 e. The number of hydrogen-bond donors (Lipinski definition) is 1. The number of nitro groups is 1. The van der Waals surface area contributed by atoms with Crippen molar-refractivity contribution in [1.29, 1.82) is 0 Å². The van der Waals surface area contributed by atoms with Crippen LogP contribution < -0.4 is 0 Å². The Kier molecular flexibility index (Phi) is 6.11. The third-order valence-corrected chi connectivity index (χ3v) is 3.02. The second kappa shape index (κ2) is 7.59. The standard InChI is InChI=1S/C14H20N2O4/c1-3-8-15(9-4-2)13(14(17)18)11-6-5-7-12(10-11)16(19)20/h5-7,10,13H,3-4,8-9H2,1-2H3,(H,17,18). The molecule has 0 amide bonds. The Morgan fingerprint density at radius 1 is 1.35 bits per heavy atom. The van der Waals surface area contributed by atoms with Crippen LogP contribution in [-0.4, -0.2) is 34.0 Å². The van der Waals surface area contributed by atoms with E-state index in [0.717, 1.165) is 12.8 Å². The van der Waals surface area contributed by atoms with Gasteiger partial charge in [-0.05, 0) is 31.5 Å². The van der Waals surface area contributed by atoms with Gasteiger partial charge in [-0.1, -0.05) is 26.0 Å². The molecule has 1 atom stereocenters. The summed E-state index contributed by atoms with van der Waals surface area (Å²) in [6.45, 7) is 5.25. The van der Waals surface area contributed by atoms with Crippen LogP contribution in [0.5, 0.6) is 0 Å². The van der Waals surface area contributed by atoms with Crippen LogP contribution in [0.25, 0.3) is 0 Å². The molecule has 0 spiro atoms. The fourth-order valence-electron chi connectivity index (χ4n) is 2.26. The van der Waals surface area contributed by atoms with E-state index in [0.29, 0.717) is 18.7 Å². The lowest BCUT2D eigenvalue weighted by molar-refractivity contribution is -0.384. The molecule has 0 saturated heterocycles. The predicted molar refractivity (Wildman–Crippen MR) is 75.6 cm³/mol. The van der Waals surface area contributed by atoms with Crippen molar-refractivity contribution < 1.29 is 14.8 Å². The summed E-state index contributed by atoms with van der Waals surface area (Å²) in [5.74, 6) is -0.979. The van der Waals surface area contributed by atoms with Crippen molar-refractivity contribution in [3.05, 3.63) is 39.9 Å². The first-order valence-corrected chi connectivity index (χ1v) is 6.72. The molecule has 1 N–H and O–H groups in total. The van der Waals surface area contributed by atoms with Crippen molar-refractivity contribution in [2.75, 3.05) is 13.1 Å². The molecule has 1 rings (SSSR count). The van der Waals surface area contributed by atoms with Crippen LogP contribution in [0.3, 0.4) is 0 Å². The second-order valence-electron chi connectivity index (χ2n) is 4.63. The van der Waals surface area contributed by atoms with Gasteiger partial charge in [0, 0.05) is 12.1 Å². The molecule has 6 heteroatoms. The minimum Gasteiger partial charge on any atom is -0.480 e. The highest BCUT2D eigenvalue weighted by Crippen LogP contribution is 2.25. The van der Waals surface area contributed by atoms with Gasteiger partial charge in [-0.15, -0.1) is 0 Å². The van der Waals surface area contributed by atoms with Crippen molar-refractivity contribution in [1.82, 2.24) is 4.90 Å². The zero-order chi connectivity index (χ0) is 15.1. The summed E-state index contributed by atoms with van der Waals surface area (Å²) in [7, 11) is 0. The fraction of sp³-hybridized carbons (Fsp3) is 0.500. The number of carboxylic acids is 1. The van der Waals surface area contributed by atoms with Crippen LogP contribution >= 0.6 is 0 Å². The van der Waals surface area contributed by atoms with E-state index in [9.17, 15) is 20.0 Å². The Morgan fingerprint density at radius 3 is 2.40 bits per heavy atom. The number of benzene rings is 1. The number of non-ortho nitro benzene ring substituents is 1. The first-order chi connectivity index (χ1) is 9.51. The van der Waals surface area contributed by atoms with Crippen LogP contribution in [0.4, 0.5) is 5.69 Å². The molecule has 1 aromatic rings. The first kappa shape index (κ1) is 16.1. The molecular weight excluding hydrogens is 260 g/mol. The minimum absolute atomic E-state index is 0.0818. The molecule has 0 saturated carbocycles. The first-order valence-electron chi connectivity index (χ1n) is 6.72. The molecule has 1 aromatic carbocycles. The summed E-state index contributed by atoms with van der Waals surface area (Å²) in [6.07, 6.45) is 1.66. The average molecular weight is 280 g/mol. The topological polar surface area (TPSA) is 83.7 Å². The van der Waals surface area contributed by atoms with Crippen molar-refractivity contribution >= 4 is 11.7 Å². The molecule has 1 unspecified atom stereocenters. The van der Waals surface area contributed by atoms with E-state index in [2.05, 4.69) is 0 Å². The van der Waals surface area contributed by atoms with E-state index in [-0.39, 0.29) is 5.69 Å². The molecule has 110 valence electrons. The highest BCUT2D eigenvalue weighted by Gasteiger charge is 2.27. The molecule has 20 heavy (non-hydrogen) atoms. The summed E-state index contributed by atoms with van der Waals surface area (Å²) in [4.78, 5) is 23.7. The van der Waals surface area contributed by atoms with Crippen LogP contribution in [0, 0.1) is 10.1 Å². The van der Waals surface area contributed by atoms with Gasteiger partial charge in [0.15, 0.2) is 0 Å². The minimum atomic E-state index is -0.979. The molecule has 0 radical (unpaired) electrons. The number of aliphatic carboxylic acids is 1. The Morgan fingerprint density at radius 2 is 1.95 bits per heavy atom. The Balaban J connectivity index is 3.14. The van der Waals surface area contributed by atoms with E-state index in [1.165, 1.54) is 18.2 Å². The van der Waals surface area contributed by atoms with Crippen molar-refractivity contribution in [3.8, 4) is 0 Å². The lowest BCUT2D eigenvalue weighted by Crippen LogP contribution is -2.35.